The van der Waals surface area contributed by atoms with Gasteiger partial charge in [0.25, 0.3) is 5.56 Å². The first-order valence-electron chi connectivity index (χ1n) is 11.1. The van der Waals surface area contributed by atoms with E-state index in [1.807, 2.05) is 0 Å². The third kappa shape index (κ3) is 4.02. The Kier molecular flexibility index (Phi) is 5.55. The molecule has 1 amide bonds. The van der Waals surface area contributed by atoms with Gasteiger partial charge in [0.1, 0.15) is 23.5 Å². The smallest absolute Gasteiger partial charge is 0.329 e. The minimum atomic E-state index is -1.19. The van der Waals surface area contributed by atoms with Crippen LogP contribution in [0.25, 0.3) is 10.9 Å². The number of benzene rings is 2. The molecule has 1 aromatic heterocycles. The van der Waals surface area contributed by atoms with Crippen molar-refractivity contribution in [2.24, 2.45) is 5.41 Å². The number of amides is 1. The van der Waals surface area contributed by atoms with Crippen molar-refractivity contribution in [1.82, 2.24) is 20.2 Å². The molecule has 3 N–H and O–H groups in total. The molecule has 1 aliphatic carbocycles. The first kappa shape index (κ1) is 22.4. The second-order valence-corrected chi connectivity index (χ2v) is 9.29. The van der Waals surface area contributed by atoms with Gasteiger partial charge in [0, 0.05) is 30.8 Å². The van der Waals surface area contributed by atoms with Crippen LogP contribution < -0.4 is 21.9 Å². The number of aromatic amines is 1. The van der Waals surface area contributed by atoms with Crippen LogP contribution in [0.4, 0.5) is 13.2 Å². The maximum absolute atomic E-state index is 14.1. The summed E-state index contributed by atoms with van der Waals surface area (Å²) in [5.74, 6) is -2.84. The summed E-state index contributed by atoms with van der Waals surface area (Å²) < 4.78 is 42.0. The molecule has 1 saturated carbocycles. The second kappa shape index (κ2) is 8.43. The van der Waals surface area contributed by atoms with Crippen molar-refractivity contribution < 1.29 is 18.0 Å². The lowest BCUT2D eigenvalue weighted by molar-refractivity contribution is -0.125. The van der Waals surface area contributed by atoms with Crippen molar-refractivity contribution in [1.29, 1.82) is 0 Å². The van der Waals surface area contributed by atoms with Gasteiger partial charge in [0.2, 0.25) is 5.91 Å². The summed E-state index contributed by atoms with van der Waals surface area (Å²) in [4.78, 5) is 42.1. The van der Waals surface area contributed by atoms with Crippen molar-refractivity contribution in [2.75, 3.05) is 6.54 Å². The van der Waals surface area contributed by atoms with Gasteiger partial charge in [0.15, 0.2) is 0 Å². The average molecular weight is 472 g/mol. The number of rotatable bonds is 6. The number of nitrogens with one attached hydrogen (secondary N) is 3. The monoisotopic (exact) mass is 472 g/mol. The molecule has 2 heterocycles. The van der Waals surface area contributed by atoms with E-state index in [0.29, 0.717) is 18.7 Å². The molecular weight excluding hydrogens is 449 g/mol. The average Bonchev–Trinajstić information content (AvgIpc) is 3.39. The number of hydrogen-bond donors (Lipinski definition) is 3. The Hall–Kier alpha value is -3.40. The van der Waals surface area contributed by atoms with Gasteiger partial charge in [-0.3, -0.25) is 9.59 Å². The van der Waals surface area contributed by atoms with E-state index < -0.39 is 40.6 Å². The van der Waals surface area contributed by atoms with E-state index >= 15 is 0 Å². The van der Waals surface area contributed by atoms with E-state index in [-0.39, 0.29) is 34.8 Å². The van der Waals surface area contributed by atoms with Crippen LogP contribution in [0.15, 0.2) is 46.0 Å². The topological polar surface area (TPSA) is 96.0 Å². The predicted molar refractivity (Wildman–Crippen MR) is 119 cm³/mol. The van der Waals surface area contributed by atoms with Crippen molar-refractivity contribution in [3.63, 3.8) is 0 Å². The summed E-state index contributed by atoms with van der Waals surface area (Å²) in [6.07, 6.45) is 2.81. The lowest BCUT2D eigenvalue weighted by Gasteiger charge is -2.31. The number of H-pyrrole nitrogens is 1. The molecule has 34 heavy (non-hydrogen) atoms. The SMILES string of the molecule is O=C(NCc1ccc(F)cc1F)C(CC12CCC(C1)NC2)n1c(=O)[nH]c2ccc(F)cc2c1=O. The van der Waals surface area contributed by atoms with E-state index in [9.17, 15) is 27.6 Å². The molecule has 5 rings (SSSR count). The summed E-state index contributed by atoms with van der Waals surface area (Å²) in [6.45, 7) is 0.410. The Bertz CT molecular complexity index is 1390. The zero-order valence-electron chi connectivity index (χ0n) is 18.2. The number of halogens is 3. The molecule has 2 bridgehead atoms. The molecule has 2 aromatic carbocycles. The molecule has 1 saturated heterocycles. The lowest BCUT2D eigenvalue weighted by Crippen LogP contribution is -2.46. The fraction of sp³-hybridized carbons (Fsp3) is 0.375. The molecule has 0 radical (unpaired) electrons. The summed E-state index contributed by atoms with van der Waals surface area (Å²) in [6, 6.07) is 5.61. The normalized spacial score (nSPS) is 22.3. The van der Waals surface area contributed by atoms with Crippen molar-refractivity contribution in [2.45, 2.75) is 44.3 Å². The Morgan fingerprint density at radius 2 is 1.91 bits per heavy atom. The van der Waals surface area contributed by atoms with Crippen LogP contribution >= 0.6 is 0 Å². The van der Waals surface area contributed by atoms with Crippen LogP contribution in [0.5, 0.6) is 0 Å². The van der Waals surface area contributed by atoms with Gasteiger partial charge in [-0.05, 0) is 55.4 Å². The van der Waals surface area contributed by atoms with Gasteiger partial charge in [0.05, 0.1) is 10.9 Å². The van der Waals surface area contributed by atoms with Crippen LogP contribution in [-0.2, 0) is 11.3 Å². The maximum atomic E-state index is 14.1. The summed E-state index contributed by atoms with van der Waals surface area (Å²) in [7, 11) is 0. The standard InChI is InChI=1S/C24H23F3N4O3/c25-14-3-4-19-17(7-14)22(33)31(23(34)30-19)20(10-24-6-5-16(9-24)29-12-24)21(32)28-11-13-1-2-15(26)8-18(13)27/h1-4,7-8,16,20,29H,5-6,9-12H2,(H,28,32)(H,30,34). The molecule has 0 spiro atoms. The van der Waals surface area contributed by atoms with Crippen LogP contribution in [0.2, 0.25) is 0 Å². The van der Waals surface area contributed by atoms with Gasteiger partial charge in [-0.2, -0.15) is 0 Å². The maximum Gasteiger partial charge on any atom is 0.329 e. The number of hydrogen-bond acceptors (Lipinski definition) is 4. The van der Waals surface area contributed by atoms with Gasteiger partial charge in [-0.25, -0.2) is 22.5 Å². The van der Waals surface area contributed by atoms with E-state index in [4.69, 9.17) is 0 Å². The predicted octanol–water partition coefficient (Wildman–Crippen LogP) is 2.50. The van der Waals surface area contributed by atoms with E-state index in [0.717, 1.165) is 42.0 Å². The third-order valence-electron chi connectivity index (χ3n) is 7.07. The Morgan fingerprint density at radius 3 is 2.59 bits per heavy atom. The lowest BCUT2D eigenvalue weighted by atomic mass is 9.80. The second-order valence-electron chi connectivity index (χ2n) is 9.29. The Morgan fingerprint density at radius 1 is 1.15 bits per heavy atom. The minimum Gasteiger partial charge on any atom is -0.350 e. The highest BCUT2D eigenvalue weighted by atomic mass is 19.1. The highest BCUT2D eigenvalue weighted by Gasteiger charge is 2.47. The first-order valence-corrected chi connectivity index (χ1v) is 11.1. The largest absolute Gasteiger partial charge is 0.350 e. The third-order valence-corrected chi connectivity index (χ3v) is 7.07. The summed E-state index contributed by atoms with van der Waals surface area (Å²) in [5.41, 5.74) is -1.59. The molecule has 2 fully saturated rings. The molecule has 3 aromatic rings. The van der Waals surface area contributed by atoms with Gasteiger partial charge in [-0.15, -0.1) is 0 Å². The molecule has 3 unspecified atom stereocenters. The number of nitrogens with zero attached hydrogens (tertiary/aromatic N) is 1. The molecule has 7 nitrogen and oxygen atoms in total. The molecule has 178 valence electrons. The highest BCUT2D eigenvalue weighted by Crippen LogP contribution is 2.47. The Balaban J connectivity index is 1.53. The van der Waals surface area contributed by atoms with Gasteiger partial charge >= 0.3 is 5.69 Å². The zero-order chi connectivity index (χ0) is 24.0. The minimum absolute atomic E-state index is 0.0478. The Labute approximate surface area is 192 Å². The molecule has 3 atom stereocenters. The van der Waals surface area contributed by atoms with E-state index in [1.54, 1.807) is 0 Å². The van der Waals surface area contributed by atoms with Crippen LogP contribution in [0, 0.1) is 22.9 Å². The summed E-state index contributed by atoms with van der Waals surface area (Å²) in [5, 5.41) is 5.93. The van der Waals surface area contributed by atoms with Gasteiger partial charge < -0.3 is 15.6 Å². The van der Waals surface area contributed by atoms with Crippen molar-refractivity contribution in [3.05, 3.63) is 80.3 Å². The fourth-order valence-corrected chi connectivity index (χ4v) is 5.32. The highest BCUT2D eigenvalue weighted by molar-refractivity contribution is 5.82. The number of carbonyl (C=O) groups is 1. The quantitative estimate of drug-likeness (QED) is 0.514. The number of carbonyl (C=O) groups excluding carboxylic acids is 1. The fourth-order valence-electron chi connectivity index (χ4n) is 5.32. The van der Waals surface area contributed by atoms with E-state index in [2.05, 4.69) is 15.6 Å². The molecule has 1 aliphatic heterocycles. The summed E-state index contributed by atoms with van der Waals surface area (Å²) >= 11 is 0. The van der Waals surface area contributed by atoms with E-state index in [1.165, 1.54) is 12.1 Å². The first-order chi connectivity index (χ1) is 16.2. The molecule has 2 aliphatic rings. The van der Waals surface area contributed by atoms with Crippen molar-refractivity contribution in [3.8, 4) is 0 Å². The van der Waals surface area contributed by atoms with Gasteiger partial charge in [-0.1, -0.05) is 6.07 Å². The molecule has 10 heteroatoms. The van der Waals surface area contributed by atoms with Crippen LogP contribution in [0.3, 0.4) is 0 Å². The number of aromatic nitrogens is 2. The van der Waals surface area contributed by atoms with Crippen molar-refractivity contribution >= 4 is 16.8 Å². The molecular formula is C24H23F3N4O3. The van der Waals surface area contributed by atoms with Crippen LogP contribution in [-0.4, -0.2) is 28.0 Å². The zero-order valence-corrected chi connectivity index (χ0v) is 18.2. The number of piperidine rings is 1. The van der Waals surface area contributed by atoms with Crippen LogP contribution in [0.1, 0.15) is 37.3 Å². The number of fused-ring (bicyclic) bond motifs is 3.